The van der Waals surface area contributed by atoms with Gasteiger partial charge in [-0.1, -0.05) is 72.0 Å². The van der Waals surface area contributed by atoms with Crippen LogP contribution < -0.4 is 5.32 Å². The lowest BCUT2D eigenvalue weighted by molar-refractivity contribution is -0.138. The van der Waals surface area contributed by atoms with Gasteiger partial charge in [-0.25, -0.2) is 9.78 Å². The minimum atomic E-state index is -1.57. The first-order valence-electron chi connectivity index (χ1n) is 11.9. The number of nitrogens with zero attached hydrogens (tertiary/aromatic N) is 1. The minimum absolute atomic E-state index is 0.240. The highest BCUT2D eigenvalue weighted by Crippen LogP contribution is 2.38. The summed E-state index contributed by atoms with van der Waals surface area (Å²) in [4.78, 5) is 57.7. The Hall–Kier alpha value is -4.69. The fourth-order valence-electron chi connectivity index (χ4n) is 4.72. The molecule has 0 bridgehead atoms. The third kappa shape index (κ3) is 4.14. The molecule has 0 saturated heterocycles. The van der Waals surface area contributed by atoms with Crippen LogP contribution in [0.4, 0.5) is 5.13 Å². The molecule has 4 aromatic carbocycles. The van der Waals surface area contributed by atoms with Gasteiger partial charge in [0, 0.05) is 11.1 Å². The summed E-state index contributed by atoms with van der Waals surface area (Å²) in [6.45, 7) is 1.95. The molecule has 0 radical (unpaired) electrons. The summed E-state index contributed by atoms with van der Waals surface area (Å²) < 4.78 is 6.39. The van der Waals surface area contributed by atoms with Crippen LogP contribution in [0.5, 0.6) is 0 Å². The van der Waals surface area contributed by atoms with Gasteiger partial charge in [-0.15, -0.1) is 0 Å². The number of carbonyl (C=O) groups excluding carboxylic acids is 4. The number of cyclic esters (lactones) is 1. The summed E-state index contributed by atoms with van der Waals surface area (Å²) in [5.41, 5.74) is 2.63. The molecule has 0 saturated carbocycles. The first-order chi connectivity index (χ1) is 18.4. The fraction of sp³-hybridized carbons (Fsp3) is 0.100. The van der Waals surface area contributed by atoms with E-state index < -0.39 is 35.5 Å². The van der Waals surface area contributed by atoms with Crippen molar-refractivity contribution < 1.29 is 23.9 Å². The molecule has 1 aliphatic rings. The molecule has 5 aromatic rings. The normalized spacial score (nSPS) is 15.2. The zero-order chi connectivity index (χ0) is 26.4. The number of Topliss-reactive ketones (excluding diaryl/α,β-unsaturated/α-hetero) is 2. The molecule has 1 aromatic heterocycles. The second kappa shape index (κ2) is 9.32. The van der Waals surface area contributed by atoms with E-state index >= 15 is 0 Å². The lowest BCUT2D eigenvalue weighted by atomic mass is 9.84. The zero-order valence-corrected chi connectivity index (χ0v) is 21.0. The Balaban J connectivity index is 1.37. The van der Waals surface area contributed by atoms with Crippen LogP contribution in [-0.2, 0) is 14.3 Å². The third-order valence-corrected chi connectivity index (χ3v) is 7.54. The van der Waals surface area contributed by atoms with Crippen LogP contribution >= 0.6 is 11.3 Å². The number of ketones is 2. The Bertz CT molecular complexity index is 1790. The van der Waals surface area contributed by atoms with E-state index in [0.717, 1.165) is 21.0 Å². The molecule has 1 amide bonds. The van der Waals surface area contributed by atoms with E-state index in [1.54, 1.807) is 42.5 Å². The van der Waals surface area contributed by atoms with Crippen LogP contribution in [0, 0.1) is 12.8 Å². The molecule has 1 aliphatic heterocycles. The largest absolute Gasteiger partial charge is 0.453 e. The van der Waals surface area contributed by atoms with Crippen molar-refractivity contribution in [3.05, 3.63) is 107 Å². The van der Waals surface area contributed by atoms with Crippen LogP contribution in [0.2, 0.25) is 0 Å². The smallest absolute Gasteiger partial charge is 0.339 e. The SMILES string of the molecule is Cc1ccc2nc(NC(=O)C(=O)[C@@H](C(=O)c3ccc4ccccc4c3)[C@H]3OC(=O)c4ccccc43)sc2c1. The number of hydrogen-bond donors (Lipinski definition) is 1. The number of esters is 1. The number of fused-ring (bicyclic) bond motifs is 3. The molecule has 186 valence electrons. The van der Waals surface area contributed by atoms with Gasteiger partial charge in [0.25, 0.3) is 5.91 Å². The lowest BCUT2D eigenvalue weighted by Gasteiger charge is -2.21. The van der Waals surface area contributed by atoms with E-state index in [1.165, 1.54) is 11.3 Å². The lowest BCUT2D eigenvalue weighted by Crippen LogP contribution is -2.38. The summed E-state index contributed by atoms with van der Waals surface area (Å²) in [7, 11) is 0. The third-order valence-electron chi connectivity index (χ3n) is 6.61. The molecule has 0 unspecified atom stereocenters. The van der Waals surface area contributed by atoms with Crippen LogP contribution in [0.1, 0.15) is 37.9 Å². The maximum atomic E-state index is 13.9. The Morgan fingerprint density at radius 3 is 2.53 bits per heavy atom. The van der Waals surface area contributed by atoms with Crippen LogP contribution in [-0.4, -0.2) is 28.4 Å². The van der Waals surface area contributed by atoms with E-state index in [2.05, 4.69) is 10.3 Å². The number of amides is 1. The van der Waals surface area contributed by atoms with Gasteiger partial charge >= 0.3 is 5.97 Å². The van der Waals surface area contributed by atoms with Crippen molar-refractivity contribution in [1.29, 1.82) is 0 Å². The molecular weight excluding hydrogens is 500 g/mol. The molecular formula is C30H20N2O5S. The summed E-state index contributed by atoms with van der Waals surface area (Å²) in [6.07, 6.45) is -1.23. The van der Waals surface area contributed by atoms with E-state index in [9.17, 15) is 19.2 Å². The molecule has 1 N–H and O–H groups in total. The monoisotopic (exact) mass is 520 g/mol. The van der Waals surface area contributed by atoms with E-state index in [1.807, 2.05) is 49.4 Å². The van der Waals surface area contributed by atoms with Gasteiger partial charge in [0.1, 0.15) is 12.0 Å². The predicted molar refractivity (Wildman–Crippen MR) is 144 cm³/mol. The molecule has 7 nitrogen and oxygen atoms in total. The maximum Gasteiger partial charge on any atom is 0.339 e. The van der Waals surface area contributed by atoms with Gasteiger partial charge in [-0.2, -0.15) is 0 Å². The van der Waals surface area contributed by atoms with Crippen molar-refractivity contribution in [2.45, 2.75) is 13.0 Å². The molecule has 0 fully saturated rings. The van der Waals surface area contributed by atoms with Crippen LogP contribution in [0.15, 0.2) is 84.9 Å². The topological polar surface area (TPSA) is 102 Å². The van der Waals surface area contributed by atoms with Gasteiger partial charge in [0.05, 0.1) is 15.8 Å². The second-order valence-corrected chi connectivity index (χ2v) is 10.2. The summed E-state index contributed by atoms with van der Waals surface area (Å²) in [6, 6.07) is 24.8. The highest BCUT2D eigenvalue weighted by molar-refractivity contribution is 7.22. The van der Waals surface area contributed by atoms with Crippen molar-refractivity contribution in [3.8, 4) is 0 Å². The predicted octanol–water partition coefficient (Wildman–Crippen LogP) is 5.68. The Morgan fingerprint density at radius 1 is 0.921 bits per heavy atom. The van der Waals surface area contributed by atoms with Gasteiger partial charge < -0.3 is 4.74 Å². The van der Waals surface area contributed by atoms with Crippen molar-refractivity contribution in [1.82, 2.24) is 4.98 Å². The highest BCUT2D eigenvalue weighted by atomic mass is 32.1. The number of ether oxygens (including phenoxy) is 1. The molecule has 2 heterocycles. The molecule has 2 atom stereocenters. The number of thiazole rings is 1. The average molecular weight is 521 g/mol. The van der Waals surface area contributed by atoms with Gasteiger partial charge in [-0.05, 0) is 47.5 Å². The number of benzene rings is 4. The van der Waals surface area contributed by atoms with Gasteiger partial charge in [0.15, 0.2) is 10.9 Å². The number of hydrogen-bond acceptors (Lipinski definition) is 7. The Kier molecular flexibility index (Phi) is 5.81. The van der Waals surface area contributed by atoms with Gasteiger partial charge in [0.2, 0.25) is 5.78 Å². The van der Waals surface area contributed by atoms with E-state index in [4.69, 9.17) is 4.74 Å². The first kappa shape index (κ1) is 23.7. The summed E-state index contributed by atoms with van der Waals surface area (Å²) in [5.74, 6) is -4.82. The number of carbonyl (C=O) groups is 4. The second-order valence-electron chi connectivity index (χ2n) is 9.13. The zero-order valence-electron chi connectivity index (χ0n) is 20.1. The fourth-order valence-corrected chi connectivity index (χ4v) is 5.68. The number of anilines is 1. The molecule has 8 heteroatoms. The van der Waals surface area contributed by atoms with Crippen molar-refractivity contribution in [2.75, 3.05) is 5.32 Å². The van der Waals surface area contributed by atoms with Gasteiger partial charge in [-0.3, -0.25) is 19.7 Å². The maximum absolute atomic E-state index is 13.9. The van der Waals surface area contributed by atoms with Crippen LogP contribution in [0.3, 0.4) is 0 Å². The average Bonchev–Trinajstić information content (AvgIpc) is 3.48. The molecule has 6 rings (SSSR count). The van der Waals surface area contributed by atoms with Crippen molar-refractivity contribution in [2.24, 2.45) is 5.92 Å². The number of aryl methyl sites for hydroxylation is 1. The van der Waals surface area contributed by atoms with Crippen LogP contribution in [0.25, 0.3) is 21.0 Å². The standard InChI is InChI=1S/C30H20N2O5S/c1-16-10-13-22-23(14-16)38-30(31-22)32-28(35)26(34)24(27-20-8-4-5-9-21(20)29(36)37-27)25(33)19-12-11-17-6-2-3-7-18(17)15-19/h2-15,24,27H,1H3,(H,31,32,35)/t24-,27+/m1/s1. The summed E-state index contributed by atoms with van der Waals surface area (Å²) >= 11 is 1.23. The van der Waals surface area contributed by atoms with E-state index in [-0.39, 0.29) is 16.3 Å². The minimum Gasteiger partial charge on any atom is -0.453 e. The molecule has 0 spiro atoms. The first-order valence-corrected chi connectivity index (χ1v) is 12.8. The van der Waals surface area contributed by atoms with Crippen molar-refractivity contribution >= 4 is 60.9 Å². The molecule has 0 aliphatic carbocycles. The molecule has 38 heavy (non-hydrogen) atoms. The Labute approximate surface area is 221 Å². The number of rotatable bonds is 6. The number of aromatic nitrogens is 1. The van der Waals surface area contributed by atoms with Crippen molar-refractivity contribution in [3.63, 3.8) is 0 Å². The van der Waals surface area contributed by atoms with E-state index in [0.29, 0.717) is 11.1 Å². The summed E-state index contributed by atoms with van der Waals surface area (Å²) in [5, 5.41) is 4.52. The Morgan fingerprint density at radius 2 is 1.68 bits per heavy atom. The number of nitrogens with one attached hydrogen (secondary N) is 1. The highest BCUT2D eigenvalue weighted by Gasteiger charge is 2.46. The quantitative estimate of drug-likeness (QED) is 0.134.